The zero-order valence-corrected chi connectivity index (χ0v) is 42.2. The monoisotopic (exact) mass is 982 g/mol. The van der Waals surface area contributed by atoms with Crippen LogP contribution in [0.4, 0.5) is 17.1 Å². The molecule has 1 spiro atoms. The highest BCUT2D eigenvalue weighted by Gasteiger charge is 2.51. The standard InChI is InChI=1S/C73H46N2S/c1-3-19-47(20-4-1)48-37-40-51(41-38-48)74(66-33-15-10-23-53(66)49-21-5-2-6-22-49)52-42-43-59-58-27-11-16-34-67(58)75(69(59)46-52)68-35-18-36-70-71(68)60-29-17-28-54(72(60)76-70)50-39-44-65-61(45-50)57-26-9-14-32-64(57)73(65)62-30-12-7-24-55(62)56-25-8-13-31-63(56)73/h1-46H. The Labute approximate surface area is 445 Å². The summed E-state index contributed by atoms with van der Waals surface area (Å²) in [6.07, 6.45) is 0. The van der Waals surface area contributed by atoms with Crippen LogP contribution in [0.15, 0.2) is 279 Å². The van der Waals surface area contributed by atoms with Gasteiger partial charge in [-0.1, -0.05) is 224 Å². The molecule has 0 aliphatic heterocycles. The first-order valence-corrected chi connectivity index (χ1v) is 27.1. The Morgan fingerprint density at radius 2 is 0.842 bits per heavy atom. The maximum atomic E-state index is 2.53. The molecule has 0 unspecified atom stereocenters. The van der Waals surface area contributed by atoms with Crippen molar-refractivity contribution in [3.63, 3.8) is 0 Å². The number of hydrogen-bond acceptors (Lipinski definition) is 2. The van der Waals surface area contributed by atoms with Gasteiger partial charge in [0.05, 0.1) is 27.8 Å². The van der Waals surface area contributed by atoms with Crippen LogP contribution in [-0.4, -0.2) is 4.57 Å². The van der Waals surface area contributed by atoms with Crippen LogP contribution in [0.3, 0.4) is 0 Å². The minimum Gasteiger partial charge on any atom is -0.310 e. The van der Waals surface area contributed by atoms with Gasteiger partial charge in [-0.3, -0.25) is 0 Å². The van der Waals surface area contributed by atoms with E-state index in [1.165, 1.54) is 120 Å². The predicted molar refractivity (Wildman–Crippen MR) is 321 cm³/mol. The molecule has 354 valence electrons. The van der Waals surface area contributed by atoms with E-state index in [-0.39, 0.29) is 5.41 Å². The number of benzene rings is 12. The van der Waals surface area contributed by atoms with E-state index in [1.54, 1.807) is 0 Å². The van der Waals surface area contributed by atoms with E-state index in [0.717, 1.165) is 22.6 Å². The molecule has 0 saturated carbocycles. The number of nitrogens with zero attached hydrogens (tertiary/aromatic N) is 2. The zero-order chi connectivity index (χ0) is 49.9. The Balaban J connectivity index is 0.881. The van der Waals surface area contributed by atoms with Gasteiger partial charge in [0.1, 0.15) is 0 Å². The third-order valence-corrected chi connectivity index (χ3v) is 17.6. The molecule has 76 heavy (non-hydrogen) atoms. The molecule has 0 radical (unpaired) electrons. The Morgan fingerprint density at radius 1 is 0.316 bits per heavy atom. The molecule has 0 N–H and O–H groups in total. The number of anilines is 3. The summed E-state index contributed by atoms with van der Waals surface area (Å²) in [5.41, 5.74) is 24.4. The maximum absolute atomic E-state index is 2.53. The van der Waals surface area contributed by atoms with E-state index in [1.807, 2.05) is 11.3 Å². The molecule has 2 aliphatic carbocycles. The first-order chi connectivity index (χ1) is 37.7. The smallest absolute Gasteiger partial charge is 0.0725 e. The van der Waals surface area contributed by atoms with Crippen molar-refractivity contribution in [2.75, 3.05) is 4.90 Å². The van der Waals surface area contributed by atoms with Gasteiger partial charge in [-0.05, 0) is 127 Å². The fourth-order valence-electron chi connectivity index (χ4n) is 13.3. The molecule has 0 atom stereocenters. The molecule has 16 rings (SSSR count). The number of fused-ring (bicyclic) bond motifs is 16. The lowest BCUT2D eigenvalue weighted by Gasteiger charge is -2.30. The third kappa shape index (κ3) is 6.15. The number of rotatable bonds is 7. The van der Waals surface area contributed by atoms with Gasteiger partial charge in [0.25, 0.3) is 0 Å². The molecule has 2 aromatic heterocycles. The van der Waals surface area contributed by atoms with Gasteiger partial charge in [-0.2, -0.15) is 0 Å². The van der Waals surface area contributed by atoms with Crippen molar-refractivity contribution >= 4 is 70.4 Å². The van der Waals surface area contributed by atoms with Crippen molar-refractivity contribution in [2.45, 2.75) is 5.41 Å². The SMILES string of the molecule is c1ccc(-c2ccc(N(c3ccc4c5ccccc5n(-c5cccc6sc7c(-c8ccc9c(c8)-c8ccccc8C98c9ccccc9-c9ccccc98)cccc7c56)c4c3)c3ccccc3-c3ccccc3)cc2)cc1. The summed E-state index contributed by atoms with van der Waals surface area (Å²) in [5.74, 6) is 0. The van der Waals surface area contributed by atoms with Crippen LogP contribution in [0.25, 0.3) is 103 Å². The number of hydrogen-bond donors (Lipinski definition) is 0. The summed E-state index contributed by atoms with van der Waals surface area (Å²) >= 11 is 1.90. The second kappa shape index (κ2) is 16.7. The van der Waals surface area contributed by atoms with E-state index in [0.29, 0.717) is 0 Å². The average Bonchev–Trinajstić information content (AvgIpc) is 4.39. The molecule has 14 aromatic rings. The molecule has 0 amide bonds. The summed E-state index contributed by atoms with van der Waals surface area (Å²) in [7, 11) is 0. The number of thiophene rings is 1. The molecular formula is C73H46N2S. The van der Waals surface area contributed by atoms with Crippen LogP contribution >= 0.6 is 11.3 Å². The van der Waals surface area contributed by atoms with Crippen LogP contribution in [0, 0.1) is 0 Å². The Bertz CT molecular complexity index is 4590. The van der Waals surface area contributed by atoms with E-state index in [9.17, 15) is 0 Å². The van der Waals surface area contributed by atoms with Gasteiger partial charge in [-0.25, -0.2) is 0 Å². The third-order valence-electron chi connectivity index (χ3n) is 16.4. The molecule has 12 aromatic carbocycles. The van der Waals surface area contributed by atoms with Crippen molar-refractivity contribution in [3.05, 3.63) is 301 Å². The summed E-state index contributed by atoms with van der Waals surface area (Å²) < 4.78 is 5.09. The first-order valence-electron chi connectivity index (χ1n) is 26.2. The molecule has 2 aliphatic rings. The molecule has 0 bridgehead atoms. The molecule has 0 saturated heterocycles. The van der Waals surface area contributed by atoms with Crippen LogP contribution in [-0.2, 0) is 5.41 Å². The lowest BCUT2D eigenvalue weighted by atomic mass is 9.70. The van der Waals surface area contributed by atoms with Crippen LogP contribution in [0.1, 0.15) is 22.3 Å². The Morgan fingerprint density at radius 3 is 1.58 bits per heavy atom. The van der Waals surface area contributed by atoms with Crippen LogP contribution < -0.4 is 4.90 Å². The van der Waals surface area contributed by atoms with Gasteiger partial charge >= 0.3 is 0 Å². The predicted octanol–water partition coefficient (Wildman–Crippen LogP) is 20.0. The molecule has 2 nitrogen and oxygen atoms in total. The van der Waals surface area contributed by atoms with E-state index < -0.39 is 0 Å². The van der Waals surface area contributed by atoms with Gasteiger partial charge < -0.3 is 9.47 Å². The summed E-state index contributed by atoms with van der Waals surface area (Å²) in [5, 5.41) is 4.98. The Hall–Kier alpha value is -9.54. The quantitative estimate of drug-likeness (QED) is 0.154. The van der Waals surface area contributed by atoms with Gasteiger partial charge in [0.2, 0.25) is 0 Å². The fraction of sp³-hybridized carbons (Fsp3) is 0.0137. The van der Waals surface area contributed by atoms with Crippen molar-refractivity contribution in [1.82, 2.24) is 4.57 Å². The summed E-state index contributed by atoms with van der Waals surface area (Å²) in [4.78, 5) is 2.44. The van der Waals surface area contributed by atoms with Crippen molar-refractivity contribution in [1.29, 1.82) is 0 Å². The maximum Gasteiger partial charge on any atom is 0.0725 e. The highest BCUT2D eigenvalue weighted by atomic mass is 32.1. The number of aromatic nitrogens is 1. The normalized spacial score (nSPS) is 12.8. The lowest BCUT2D eigenvalue weighted by molar-refractivity contribution is 0.794. The van der Waals surface area contributed by atoms with Crippen LogP contribution in [0.2, 0.25) is 0 Å². The topological polar surface area (TPSA) is 8.17 Å². The zero-order valence-electron chi connectivity index (χ0n) is 41.4. The summed E-state index contributed by atoms with van der Waals surface area (Å²) in [6.45, 7) is 0. The average molecular weight is 983 g/mol. The van der Waals surface area contributed by atoms with Gasteiger partial charge in [-0.15, -0.1) is 11.3 Å². The first kappa shape index (κ1) is 42.9. The molecule has 2 heterocycles. The van der Waals surface area contributed by atoms with Gasteiger partial charge in [0.15, 0.2) is 0 Å². The van der Waals surface area contributed by atoms with Crippen LogP contribution in [0.5, 0.6) is 0 Å². The second-order valence-corrected chi connectivity index (χ2v) is 21.3. The molecule has 3 heteroatoms. The van der Waals surface area contributed by atoms with Gasteiger partial charge in [0, 0.05) is 47.9 Å². The highest BCUT2D eigenvalue weighted by Crippen LogP contribution is 2.63. The van der Waals surface area contributed by atoms with Crippen molar-refractivity contribution in [2.24, 2.45) is 0 Å². The van der Waals surface area contributed by atoms with E-state index in [4.69, 9.17) is 0 Å². The highest BCUT2D eigenvalue weighted by molar-refractivity contribution is 7.26. The minimum absolute atomic E-state index is 0.367. The molecule has 0 fully saturated rings. The fourth-order valence-corrected chi connectivity index (χ4v) is 14.5. The Kier molecular flexibility index (Phi) is 9.45. The van der Waals surface area contributed by atoms with Crippen molar-refractivity contribution in [3.8, 4) is 61.3 Å². The van der Waals surface area contributed by atoms with E-state index in [2.05, 4.69) is 289 Å². The lowest BCUT2D eigenvalue weighted by Crippen LogP contribution is -2.25. The minimum atomic E-state index is -0.367. The second-order valence-electron chi connectivity index (χ2n) is 20.3. The molecular weight excluding hydrogens is 937 g/mol. The number of para-hydroxylation sites is 2. The van der Waals surface area contributed by atoms with Crippen molar-refractivity contribution < 1.29 is 0 Å². The summed E-state index contributed by atoms with van der Waals surface area (Å²) in [6, 6.07) is 104. The largest absolute Gasteiger partial charge is 0.310 e. The van der Waals surface area contributed by atoms with E-state index >= 15 is 0 Å².